The Kier molecular flexibility index (Phi) is 8.54. The van der Waals surface area contributed by atoms with Crippen LogP contribution in [0.2, 0.25) is 10.0 Å². The fraction of sp³-hybridized carbons (Fsp3) is 0.526. The smallest absolute Gasteiger partial charge is 0.321 e. The molecule has 1 aromatic rings. The van der Waals surface area contributed by atoms with Gasteiger partial charge in [-0.05, 0) is 45.0 Å². The topological polar surface area (TPSA) is 90.5 Å². The molecule has 1 saturated carbocycles. The summed E-state index contributed by atoms with van der Waals surface area (Å²) < 4.78 is 0. The molecule has 0 aliphatic heterocycles. The van der Waals surface area contributed by atoms with Crippen LogP contribution in [0.4, 0.5) is 10.5 Å². The van der Waals surface area contributed by atoms with Gasteiger partial charge in [-0.1, -0.05) is 42.5 Å². The van der Waals surface area contributed by atoms with Crippen LogP contribution in [0.5, 0.6) is 0 Å². The standard InChI is InChI=1S/C19H26Cl2N4O3/c1-12(18(27)24-19(28)23-13-6-4-3-5-7-13)25(2)11-17(26)22-14-8-9-15(20)16(21)10-14/h8-10,12-13H,3-7,11H2,1-2H3,(H,22,26)(H2,23,24,27,28)/t12-/m1/s1. The van der Waals surface area contributed by atoms with Gasteiger partial charge in [-0.15, -0.1) is 0 Å². The minimum atomic E-state index is -0.656. The number of likely N-dealkylation sites (N-methyl/N-ethyl adjacent to an activating group) is 1. The maximum absolute atomic E-state index is 12.3. The predicted octanol–water partition coefficient (Wildman–Crippen LogP) is 3.41. The van der Waals surface area contributed by atoms with Gasteiger partial charge in [0.15, 0.2) is 0 Å². The van der Waals surface area contributed by atoms with E-state index in [1.807, 2.05) is 0 Å². The van der Waals surface area contributed by atoms with Crippen LogP contribution in [0.15, 0.2) is 18.2 Å². The largest absolute Gasteiger partial charge is 0.335 e. The van der Waals surface area contributed by atoms with Gasteiger partial charge in [0, 0.05) is 11.7 Å². The van der Waals surface area contributed by atoms with Crippen LogP contribution in [0.3, 0.4) is 0 Å². The maximum atomic E-state index is 12.3. The highest BCUT2D eigenvalue weighted by Crippen LogP contribution is 2.25. The van der Waals surface area contributed by atoms with E-state index in [2.05, 4.69) is 16.0 Å². The summed E-state index contributed by atoms with van der Waals surface area (Å²) in [5.41, 5.74) is 0.511. The molecule has 0 aromatic heterocycles. The Labute approximate surface area is 175 Å². The summed E-state index contributed by atoms with van der Waals surface area (Å²) in [4.78, 5) is 38.0. The zero-order chi connectivity index (χ0) is 20.7. The van der Waals surface area contributed by atoms with Crippen LogP contribution >= 0.6 is 23.2 Å². The lowest BCUT2D eigenvalue weighted by molar-refractivity contribution is -0.125. The first-order valence-electron chi connectivity index (χ1n) is 9.32. The number of urea groups is 1. The number of carbonyl (C=O) groups is 3. The number of hydrogen-bond acceptors (Lipinski definition) is 4. The highest BCUT2D eigenvalue weighted by atomic mass is 35.5. The van der Waals surface area contributed by atoms with Gasteiger partial charge in [-0.2, -0.15) is 0 Å². The monoisotopic (exact) mass is 428 g/mol. The van der Waals surface area contributed by atoms with Crippen molar-refractivity contribution in [1.82, 2.24) is 15.5 Å². The predicted molar refractivity (Wildman–Crippen MR) is 111 cm³/mol. The van der Waals surface area contributed by atoms with Crippen molar-refractivity contribution in [1.29, 1.82) is 0 Å². The first-order chi connectivity index (χ1) is 13.3. The third-order valence-electron chi connectivity index (χ3n) is 4.81. The molecule has 1 aliphatic carbocycles. The van der Waals surface area contributed by atoms with E-state index >= 15 is 0 Å². The van der Waals surface area contributed by atoms with Crippen molar-refractivity contribution in [3.05, 3.63) is 28.2 Å². The summed E-state index contributed by atoms with van der Waals surface area (Å²) in [5.74, 6) is -0.773. The third-order valence-corrected chi connectivity index (χ3v) is 5.55. The number of anilines is 1. The minimum absolute atomic E-state index is 0.0287. The van der Waals surface area contributed by atoms with Gasteiger partial charge in [0.05, 0.1) is 22.6 Å². The van der Waals surface area contributed by atoms with E-state index in [0.717, 1.165) is 25.7 Å². The van der Waals surface area contributed by atoms with Gasteiger partial charge in [-0.25, -0.2) is 4.79 Å². The van der Waals surface area contributed by atoms with Crippen molar-refractivity contribution in [3.8, 4) is 0 Å². The Balaban J connectivity index is 1.78. The number of amides is 4. The molecule has 0 spiro atoms. The number of hydrogen-bond donors (Lipinski definition) is 3. The third kappa shape index (κ3) is 6.96. The molecule has 0 bridgehead atoms. The molecule has 4 amide bonds. The highest BCUT2D eigenvalue weighted by Gasteiger charge is 2.23. The normalized spacial score (nSPS) is 15.8. The molecule has 0 unspecified atom stereocenters. The first kappa shape index (κ1) is 22.5. The lowest BCUT2D eigenvalue weighted by Gasteiger charge is -2.25. The molecule has 0 saturated heterocycles. The number of nitrogens with one attached hydrogen (secondary N) is 3. The zero-order valence-electron chi connectivity index (χ0n) is 16.1. The Morgan fingerprint density at radius 2 is 1.82 bits per heavy atom. The number of halogens is 2. The Morgan fingerprint density at radius 1 is 1.14 bits per heavy atom. The van der Waals surface area contributed by atoms with E-state index in [1.165, 1.54) is 6.42 Å². The molecule has 2 rings (SSSR count). The Bertz CT molecular complexity index is 723. The van der Waals surface area contributed by atoms with Crippen LogP contribution in [-0.4, -0.2) is 48.4 Å². The van der Waals surface area contributed by atoms with Crippen molar-refractivity contribution >= 4 is 46.7 Å². The molecule has 0 radical (unpaired) electrons. The second kappa shape index (κ2) is 10.6. The van der Waals surface area contributed by atoms with Crippen LogP contribution < -0.4 is 16.0 Å². The Morgan fingerprint density at radius 3 is 2.46 bits per heavy atom. The average Bonchev–Trinajstić information content (AvgIpc) is 2.64. The van der Waals surface area contributed by atoms with Crippen LogP contribution in [0.25, 0.3) is 0 Å². The summed E-state index contributed by atoms with van der Waals surface area (Å²) in [6.45, 7) is 1.61. The van der Waals surface area contributed by atoms with E-state index in [-0.39, 0.29) is 18.5 Å². The number of carbonyl (C=O) groups excluding carboxylic acids is 3. The molecule has 3 N–H and O–H groups in total. The first-order valence-corrected chi connectivity index (χ1v) is 10.1. The van der Waals surface area contributed by atoms with E-state index in [9.17, 15) is 14.4 Å². The summed E-state index contributed by atoms with van der Waals surface area (Å²) in [6, 6.07) is 3.75. The lowest BCUT2D eigenvalue weighted by Crippen LogP contribution is -2.51. The van der Waals surface area contributed by atoms with E-state index in [4.69, 9.17) is 23.2 Å². The number of nitrogens with zero attached hydrogens (tertiary/aromatic N) is 1. The summed E-state index contributed by atoms with van der Waals surface area (Å²) >= 11 is 11.8. The molecule has 1 aliphatic rings. The summed E-state index contributed by atoms with van der Waals surface area (Å²) in [6.07, 6.45) is 5.24. The summed E-state index contributed by atoms with van der Waals surface area (Å²) in [5, 5.41) is 8.61. The summed E-state index contributed by atoms with van der Waals surface area (Å²) in [7, 11) is 1.64. The van der Waals surface area contributed by atoms with Gasteiger partial charge in [0.2, 0.25) is 11.8 Å². The van der Waals surface area contributed by atoms with Crippen molar-refractivity contribution in [2.45, 2.75) is 51.1 Å². The molecular formula is C19H26Cl2N4O3. The van der Waals surface area contributed by atoms with Gasteiger partial charge in [-0.3, -0.25) is 19.8 Å². The fourth-order valence-electron chi connectivity index (χ4n) is 3.02. The van der Waals surface area contributed by atoms with Gasteiger partial charge in [0.25, 0.3) is 0 Å². The maximum Gasteiger partial charge on any atom is 0.321 e. The van der Waals surface area contributed by atoms with E-state index in [0.29, 0.717) is 15.7 Å². The van der Waals surface area contributed by atoms with E-state index in [1.54, 1.807) is 37.1 Å². The molecule has 0 heterocycles. The van der Waals surface area contributed by atoms with E-state index < -0.39 is 18.0 Å². The van der Waals surface area contributed by atoms with Crippen LogP contribution in [0, 0.1) is 0 Å². The van der Waals surface area contributed by atoms with Crippen molar-refractivity contribution in [3.63, 3.8) is 0 Å². The zero-order valence-corrected chi connectivity index (χ0v) is 17.6. The number of rotatable bonds is 6. The second-order valence-corrected chi connectivity index (χ2v) is 7.88. The van der Waals surface area contributed by atoms with Crippen LogP contribution in [-0.2, 0) is 9.59 Å². The van der Waals surface area contributed by atoms with Crippen molar-refractivity contribution in [2.24, 2.45) is 0 Å². The van der Waals surface area contributed by atoms with Crippen molar-refractivity contribution < 1.29 is 14.4 Å². The lowest BCUT2D eigenvalue weighted by atomic mass is 9.96. The quantitative estimate of drug-likeness (QED) is 0.647. The fourth-order valence-corrected chi connectivity index (χ4v) is 3.32. The molecule has 1 fully saturated rings. The van der Waals surface area contributed by atoms with Gasteiger partial charge >= 0.3 is 6.03 Å². The SMILES string of the molecule is C[C@H](C(=O)NC(=O)NC1CCCCC1)N(C)CC(=O)Nc1ccc(Cl)c(Cl)c1. The number of benzene rings is 1. The van der Waals surface area contributed by atoms with Crippen molar-refractivity contribution in [2.75, 3.05) is 18.9 Å². The molecule has 154 valence electrons. The molecular weight excluding hydrogens is 403 g/mol. The van der Waals surface area contributed by atoms with Crippen LogP contribution in [0.1, 0.15) is 39.0 Å². The second-order valence-electron chi connectivity index (χ2n) is 7.07. The highest BCUT2D eigenvalue weighted by molar-refractivity contribution is 6.42. The molecule has 7 nitrogen and oxygen atoms in total. The van der Waals surface area contributed by atoms with Gasteiger partial charge in [0.1, 0.15) is 0 Å². The van der Waals surface area contributed by atoms with Gasteiger partial charge < -0.3 is 10.6 Å². The minimum Gasteiger partial charge on any atom is -0.335 e. The average molecular weight is 429 g/mol. The number of imide groups is 1. The molecule has 1 atom stereocenters. The molecule has 1 aromatic carbocycles. The molecule has 28 heavy (non-hydrogen) atoms. The Hall–Kier alpha value is -1.83. The molecule has 9 heteroatoms.